The van der Waals surface area contributed by atoms with Crippen LogP contribution in [-0.4, -0.2) is 19.3 Å². The van der Waals surface area contributed by atoms with Crippen LogP contribution in [0.5, 0.6) is 0 Å². The molecule has 0 aliphatic rings. The molecule has 3 heteroatoms. The summed E-state index contributed by atoms with van der Waals surface area (Å²) in [5.74, 6) is 0. The Morgan fingerprint density at radius 2 is 2.00 bits per heavy atom. The zero-order valence-electron chi connectivity index (χ0n) is 5.77. The van der Waals surface area contributed by atoms with Crippen molar-refractivity contribution in [2.24, 2.45) is 11.5 Å². The Bertz CT molecular complexity index is 54.3. The summed E-state index contributed by atoms with van der Waals surface area (Å²) < 4.78 is 0. The van der Waals surface area contributed by atoms with Gasteiger partial charge < -0.3 is 16.8 Å². The van der Waals surface area contributed by atoms with E-state index in [-0.39, 0.29) is 6.17 Å². The van der Waals surface area contributed by atoms with E-state index in [0.717, 1.165) is 25.9 Å². The van der Waals surface area contributed by atoms with Crippen molar-refractivity contribution in [2.75, 3.05) is 13.1 Å². The maximum absolute atomic E-state index is 5.30. The third-order valence-corrected chi connectivity index (χ3v) is 1.01. The minimum atomic E-state index is -0.178. The first-order chi connectivity index (χ1) is 4.27. The monoisotopic (exact) mass is 130 g/mol. The van der Waals surface area contributed by atoms with Crippen molar-refractivity contribution < 1.29 is 0 Å². The molecule has 0 fully saturated rings. The quantitative estimate of drug-likeness (QED) is 0.345. The topological polar surface area (TPSA) is 64.1 Å². The molecule has 0 saturated carbocycles. The molecule has 0 atom stereocenters. The first-order valence-corrected chi connectivity index (χ1v) is 3.28. The van der Waals surface area contributed by atoms with Gasteiger partial charge in [-0.2, -0.15) is 0 Å². The number of rotatable bonds is 5. The Labute approximate surface area is 56.8 Å². The summed E-state index contributed by atoms with van der Waals surface area (Å²) in [7, 11) is 0. The fraction of sp³-hybridized carbons (Fsp3) is 0.833. The summed E-state index contributed by atoms with van der Waals surface area (Å²) in [6, 6.07) is 0. The smallest absolute Gasteiger partial charge is 0.0533 e. The van der Waals surface area contributed by atoms with Crippen LogP contribution in [0.25, 0.3) is 0 Å². The summed E-state index contributed by atoms with van der Waals surface area (Å²) in [5.41, 5.74) is 10.6. The fourth-order valence-corrected chi connectivity index (χ4v) is 0.519. The number of nitrogens with one attached hydrogen (secondary N) is 1. The second kappa shape index (κ2) is 6.01. The normalized spacial score (nSPS) is 10.7. The van der Waals surface area contributed by atoms with Crippen LogP contribution in [0.4, 0.5) is 0 Å². The summed E-state index contributed by atoms with van der Waals surface area (Å²) in [6.45, 7) is 5.52. The van der Waals surface area contributed by atoms with Gasteiger partial charge in [0.25, 0.3) is 0 Å². The third kappa shape index (κ3) is 7.88. The average molecular weight is 130 g/mol. The molecule has 55 valence electrons. The van der Waals surface area contributed by atoms with E-state index < -0.39 is 0 Å². The van der Waals surface area contributed by atoms with Crippen LogP contribution in [-0.2, 0) is 0 Å². The van der Waals surface area contributed by atoms with Crippen LogP contribution in [0.1, 0.15) is 12.8 Å². The van der Waals surface area contributed by atoms with Gasteiger partial charge in [0.15, 0.2) is 0 Å². The van der Waals surface area contributed by atoms with Gasteiger partial charge >= 0.3 is 0 Å². The van der Waals surface area contributed by atoms with Crippen LogP contribution in [0.3, 0.4) is 0 Å². The highest BCUT2D eigenvalue weighted by Crippen LogP contribution is 1.76. The van der Waals surface area contributed by atoms with Crippen molar-refractivity contribution in [1.29, 1.82) is 0 Å². The lowest BCUT2D eigenvalue weighted by atomic mass is 10.3. The van der Waals surface area contributed by atoms with Crippen molar-refractivity contribution in [3.8, 4) is 0 Å². The van der Waals surface area contributed by atoms with Crippen molar-refractivity contribution in [3.63, 3.8) is 0 Å². The van der Waals surface area contributed by atoms with E-state index in [1.807, 2.05) is 0 Å². The zero-order chi connectivity index (χ0) is 7.11. The van der Waals surface area contributed by atoms with Gasteiger partial charge in [-0.05, 0) is 25.9 Å². The summed E-state index contributed by atoms with van der Waals surface area (Å²) in [6.07, 6.45) is 1.57. The van der Waals surface area contributed by atoms with Crippen molar-refractivity contribution in [1.82, 2.24) is 5.32 Å². The van der Waals surface area contributed by atoms with Crippen molar-refractivity contribution >= 4 is 0 Å². The van der Waals surface area contributed by atoms with E-state index in [9.17, 15) is 0 Å². The molecule has 0 aromatic carbocycles. The lowest BCUT2D eigenvalue weighted by Gasteiger charge is -2.04. The molecule has 5 N–H and O–H groups in total. The summed E-state index contributed by atoms with van der Waals surface area (Å²) >= 11 is 0. The van der Waals surface area contributed by atoms with E-state index in [2.05, 4.69) is 12.2 Å². The maximum Gasteiger partial charge on any atom is 0.0533 e. The Kier molecular flexibility index (Phi) is 5.93. The largest absolute Gasteiger partial charge is 0.317 e. The van der Waals surface area contributed by atoms with Gasteiger partial charge in [-0.3, -0.25) is 0 Å². The van der Waals surface area contributed by atoms with Crippen molar-refractivity contribution in [3.05, 3.63) is 6.92 Å². The van der Waals surface area contributed by atoms with E-state index in [4.69, 9.17) is 11.5 Å². The fourth-order valence-electron chi connectivity index (χ4n) is 0.519. The number of hydrogen-bond acceptors (Lipinski definition) is 3. The molecule has 0 saturated heterocycles. The predicted octanol–water partition coefficient (Wildman–Crippen LogP) is -0.566. The molecule has 0 aromatic rings. The summed E-state index contributed by atoms with van der Waals surface area (Å²) in [4.78, 5) is 0. The minimum Gasteiger partial charge on any atom is -0.317 e. The first-order valence-electron chi connectivity index (χ1n) is 3.28. The molecular formula is C6H16N3. The second-order valence-corrected chi connectivity index (χ2v) is 2.06. The van der Waals surface area contributed by atoms with Gasteiger partial charge in [-0.1, -0.05) is 6.92 Å². The highest BCUT2D eigenvalue weighted by atomic mass is 14.9. The highest BCUT2D eigenvalue weighted by Gasteiger charge is 1.90. The predicted molar refractivity (Wildman–Crippen MR) is 39.6 cm³/mol. The molecule has 0 aliphatic heterocycles. The average Bonchev–Trinajstić information content (AvgIpc) is 1.80. The molecule has 0 rings (SSSR count). The van der Waals surface area contributed by atoms with Gasteiger partial charge in [0.1, 0.15) is 0 Å². The van der Waals surface area contributed by atoms with Gasteiger partial charge in [0.05, 0.1) is 6.17 Å². The molecule has 3 nitrogen and oxygen atoms in total. The van der Waals surface area contributed by atoms with Crippen molar-refractivity contribution in [2.45, 2.75) is 19.0 Å². The van der Waals surface area contributed by atoms with Crippen LogP contribution < -0.4 is 16.8 Å². The van der Waals surface area contributed by atoms with E-state index in [1.165, 1.54) is 0 Å². The minimum absolute atomic E-state index is 0.178. The summed E-state index contributed by atoms with van der Waals surface area (Å²) in [5, 5.41) is 3.14. The standard InChI is InChI=1S/C6H16N3/c1-2-4-9-5-3-6(7)8/h6,9H,1-5,7-8H2. The SMILES string of the molecule is [CH2]CCNCCC(N)N. The highest BCUT2D eigenvalue weighted by molar-refractivity contribution is 4.54. The van der Waals surface area contributed by atoms with Gasteiger partial charge in [0.2, 0.25) is 0 Å². The number of nitrogens with two attached hydrogens (primary N) is 2. The molecule has 0 aromatic heterocycles. The molecule has 9 heavy (non-hydrogen) atoms. The Hall–Kier alpha value is -0.120. The van der Waals surface area contributed by atoms with Crippen LogP contribution in [0.15, 0.2) is 0 Å². The Morgan fingerprint density at radius 3 is 2.44 bits per heavy atom. The Morgan fingerprint density at radius 1 is 1.33 bits per heavy atom. The van der Waals surface area contributed by atoms with Crippen LogP contribution in [0, 0.1) is 6.92 Å². The molecule has 1 radical (unpaired) electrons. The van der Waals surface area contributed by atoms with Crippen LogP contribution in [0.2, 0.25) is 0 Å². The zero-order valence-corrected chi connectivity index (χ0v) is 5.77. The van der Waals surface area contributed by atoms with Gasteiger partial charge in [-0.15, -0.1) is 0 Å². The molecular weight excluding hydrogens is 114 g/mol. The lowest BCUT2D eigenvalue weighted by Crippen LogP contribution is -2.34. The van der Waals surface area contributed by atoms with E-state index >= 15 is 0 Å². The van der Waals surface area contributed by atoms with Gasteiger partial charge in [0, 0.05) is 0 Å². The molecule has 0 aliphatic carbocycles. The lowest BCUT2D eigenvalue weighted by molar-refractivity contribution is 0.577. The first kappa shape index (κ1) is 8.88. The second-order valence-electron chi connectivity index (χ2n) is 2.06. The molecule has 0 heterocycles. The van der Waals surface area contributed by atoms with E-state index in [1.54, 1.807) is 0 Å². The maximum atomic E-state index is 5.30. The Balaban J connectivity index is 2.75. The molecule has 0 unspecified atom stereocenters. The molecule has 0 spiro atoms. The van der Waals surface area contributed by atoms with Gasteiger partial charge in [-0.25, -0.2) is 0 Å². The van der Waals surface area contributed by atoms with Crippen LogP contribution >= 0.6 is 0 Å². The molecule has 0 bridgehead atoms. The number of hydrogen-bond donors (Lipinski definition) is 3. The molecule has 0 amide bonds. The third-order valence-electron chi connectivity index (χ3n) is 1.01. The van der Waals surface area contributed by atoms with E-state index in [0.29, 0.717) is 0 Å².